The van der Waals surface area contributed by atoms with E-state index in [4.69, 9.17) is 16.3 Å². The molecule has 15 heavy (non-hydrogen) atoms. The average molecular weight is 226 g/mol. The summed E-state index contributed by atoms with van der Waals surface area (Å²) in [6.07, 6.45) is 2.90. The van der Waals surface area contributed by atoms with Crippen molar-refractivity contribution >= 4 is 11.6 Å². The number of hydrogen-bond acceptors (Lipinski definition) is 2. The van der Waals surface area contributed by atoms with Crippen molar-refractivity contribution in [2.24, 2.45) is 0 Å². The van der Waals surface area contributed by atoms with Crippen LogP contribution in [0.4, 0.5) is 0 Å². The van der Waals surface area contributed by atoms with Crippen molar-refractivity contribution in [1.82, 2.24) is 5.32 Å². The van der Waals surface area contributed by atoms with Crippen molar-refractivity contribution < 1.29 is 4.74 Å². The molecule has 0 saturated carbocycles. The second-order valence-corrected chi connectivity index (χ2v) is 3.42. The molecule has 0 spiro atoms. The van der Waals surface area contributed by atoms with Crippen LogP contribution >= 0.6 is 11.6 Å². The first-order valence-electron chi connectivity index (χ1n) is 4.95. The molecule has 0 amide bonds. The van der Waals surface area contributed by atoms with Gasteiger partial charge in [0, 0.05) is 12.1 Å². The van der Waals surface area contributed by atoms with Crippen molar-refractivity contribution in [2.45, 2.75) is 6.42 Å². The van der Waals surface area contributed by atoms with E-state index in [9.17, 15) is 0 Å². The first-order valence-corrected chi connectivity index (χ1v) is 5.39. The molecule has 1 aromatic carbocycles. The van der Waals surface area contributed by atoms with Crippen LogP contribution in [-0.2, 0) is 6.42 Å². The number of methoxy groups -OCH3 is 1. The van der Waals surface area contributed by atoms with Gasteiger partial charge < -0.3 is 10.1 Å². The van der Waals surface area contributed by atoms with Crippen LogP contribution in [0.25, 0.3) is 0 Å². The van der Waals surface area contributed by atoms with E-state index < -0.39 is 0 Å². The first-order chi connectivity index (χ1) is 7.36. The monoisotopic (exact) mass is 225 g/mol. The minimum absolute atomic E-state index is 0.819. The predicted molar refractivity (Wildman–Crippen MR) is 64.6 cm³/mol. The Morgan fingerprint density at radius 3 is 2.67 bits per heavy atom. The second-order valence-electron chi connectivity index (χ2n) is 3.16. The van der Waals surface area contributed by atoms with Gasteiger partial charge in [0.2, 0.25) is 0 Å². The lowest BCUT2D eigenvalue weighted by molar-refractivity contribution is 0.414. The minimum Gasteiger partial charge on any atom is -0.497 e. The maximum absolute atomic E-state index is 5.40. The Morgan fingerprint density at radius 2 is 2.07 bits per heavy atom. The van der Waals surface area contributed by atoms with Gasteiger partial charge in [-0.15, -0.1) is 0 Å². The van der Waals surface area contributed by atoms with Gasteiger partial charge in [0.15, 0.2) is 0 Å². The Hall–Kier alpha value is -0.990. The van der Waals surface area contributed by atoms with Crippen LogP contribution in [-0.4, -0.2) is 20.2 Å². The normalized spacial score (nSPS) is 10.8. The molecule has 0 aromatic heterocycles. The fourth-order valence-electron chi connectivity index (χ4n) is 1.25. The molecule has 0 atom stereocenters. The van der Waals surface area contributed by atoms with Gasteiger partial charge in [-0.3, -0.25) is 0 Å². The van der Waals surface area contributed by atoms with E-state index >= 15 is 0 Å². The summed E-state index contributed by atoms with van der Waals surface area (Å²) in [7, 11) is 1.68. The Bertz CT molecular complexity index is 295. The van der Waals surface area contributed by atoms with Crippen molar-refractivity contribution in [3.63, 3.8) is 0 Å². The number of ether oxygens (including phenoxy) is 1. The van der Waals surface area contributed by atoms with Crippen molar-refractivity contribution in [3.8, 4) is 5.75 Å². The van der Waals surface area contributed by atoms with Crippen LogP contribution in [0, 0.1) is 0 Å². The highest BCUT2D eigenvalue weighted by Crippen LogP contribution is 2.11. The van der Waals surface area contributed by atoms with Crippen molar-refractivity contribution in [2.75, 3.05) is 20.2 Å². The van der Waals surface area contributed by atoms with Crippen LogP contribution in [0.2, 0.25) is 0 Å². The fourth-order valence-corrected chi connectivity index (χ4v) is 1.34. The van der Waals surface area contributed by atoms with Gasteiger partial charge >= 0.3 is 0 Å². The molecule has 0 aliphatic carbocycles. The summed E-state index contributed by atoms with van der Waals surface area (Å²) in [6.45, 7) is 1.77. The maximum atomic E-state index is 5.40. The van der Waals surface area contributed by atoms with Crippen LogP contribution < -0.4 is 10.1 Å². The molecule has 0 aliphatic heterocycles. The zero-order chi connectivity index (χ0) is 10.9. The maximum Gasteiger partial charge on any atom is 0.118 e. The van der Waals surface area contributed by atoms with Gasteiger partial charge in [-0.2, -0.15) is 0 Å². The first kappa shape index (κ1) is 12.1. The van der Waals surface area contributed by atoms with Gasteiger partial charge in [0.25, 0.3) is 0 Å². The van der Waals surface area contributed by atoms with Gasteiger partial charge in [-0.05, 0) is 30.7 Å². The lowest BCUT2D eigenvalue weighted by Gasteiger charge is -2.03. The van der Waals surface area contributed by atoms with Crippen LogP contribution in [0.15, 0.2) is 35.9 Å². The molecule has 0 radical (unpaired) electrons. The standard InChI is InChI=1S/C12H16ClNO/c1-15-12-5-3-11(4-6-12)7-10-14-9-2-8-13/h2-6,8,14H,7,9-10H2,1H3/b8-2+. The molecule has 0 unspecified atom stereocenters. The van der Waals surface area contributed by atoms with Crippen LogP contribution in [0.5, 0.6) is 5.75 Å². The predicted octanol–water partition coefficient (Wildman–Crippen LogP) is 2.58. The number of nitrogens with one attached hydrogen (secondary N) is 1. The summed E-state index contributed by atoms with van der Waals surface area (Å²) in [5, 5.41) is 3.26. The van der Waals surface area contributed by atoms with E-state index in [1.807, 2.05) is 18.2 Å². The van der Waals surface area contributed by atoms with Gasteiger partial charge in [0.05, 0.1) is 7.11 Å². The average Bonchev–Trinajstić information content (AvgIpc) is 2.30. The number of rotatable bonds is 6. The molecule has 1 N–H and O–H groups in total. The number of benzene rings is 1. The molecule has 1 rings (SSSR count). The lowest BCUT2D eigenvalue weighted by atomic mass is 10.1. The summed E-state index contributed by atoms with van der Waals surface area (Å²) in [5.74, 6) is 0.900. The smallest absolute Gasteiger partial charge is 0.118 e. The summed E-state index contributed by atoms with van der Waals surface area (Å²) in [6, 6.07) is 8.12. The molecule has 2 nitrogen and oxygen atoms in total. The van der Waals surface area contributed by atoms with Crippen LogP contribution in [0.1, 0.15) is 5.56 Å². The van der Waals surface area contributed by atoms with Crippen LogP contribution in [0.3, 0.4) is 0 Å². The Labute approximate surface area is 95.9 Å². The molecule has 0 fully saturated rings. The second kappa shape index (κ2) is 7.32. The largest absolute Gasteiger partial charge is 0.497 e. The fraction of sp³-hybridized carbons (Fsp3) is 0.333. The SMILES string of the molecule is COc1ccc(CCNC/C=C/Cl)cc1. The van der Waals surface area contributed by atoms with E-state index in [1.165, 1.54) is 11.1 Å². The molecule has 0 bridgehead atoms. The molecular formula is C12H16ClNO. The topological polar surface area (TPSA) is 21.3 Å². The zero-order valence-electron chi connectivity index (χ0n) is 8.87. The third-order valence-corrected chi connectivity index (χ3v) is 2.28. The molecule has 0 heterocycles. The number of hydrogen-bond donors (Lipinski definition) is 1. The Kier molecular flexibility index (Phi) is 5.90. The van der Waals surface area contributed by atoms with Gasteiger partial charge in [0.1, 0.15) is 5.75 Å². The highest BCUT2D eigenvalue weighted by atomic mass is 35.5. The summed E-state index contributed by atoms with van der Waals surface area (Å²) < 4.78 is 5.09. The molecule has 3 heteroatoms. The van der Waals surface area contributed by atoms with Crippen molar-refractivity contribution in [1.29, 1.82) is 0 Å². The minimum atomic E-state index is 0.819. The van der Waals surface area contributed by atoms with E-state index in [0.717, 1.165) is 25.3 Å². The highest BCUT2D eigenvalue weighted by Gasteiger charge is 1.93. The Morgan fingerprint density at radius 1 is 1.33 bits per heavy atom. The van der Waals surface area contributed by atoms with E-state index in [2.05, 4.69) is 17.4 Å². The molecule has 82 valence electrons. The summed E-state index contributed by atoms with van der Waals surface area (Å²) in [5.41, 5.74) is 2.83. The van der Waals surface area contributed by atoms with Gasteiger partial charge in [-0.1, -0.05) is 29.8 Å². The Balaban J connectivity index is 2.25. The van der Waals surface area contributed by atoms with E-state index in [0.29, 0.717) is 0 Å². The van der Waals surface area contributed by atoms with Gasteiger partial charge in [-0.25, -0.2) is 0 Å². The molecular weight excluding hydrogens is 210 g/mol. The van der Waals surface area contributed by atoms with E-state index in [-0.39, 0.29) is 0 Å². The highest BCUT2D eigenvalue weighted by molar-refractivity contribution is 6.25. The molecule has 1 aromatic rings. The zero-order valence-corrected chi connectivity index (χ0v) is 9.63. The van der Waals surface area contributed by atoms with Crippen molar-refractivity contribution in [3.05, 3.63) is 41.4 Å². The molecule has 0 aliphatic rings. The third-order valence-electron chi connectivity index (χ3n) is 2.10. The lowest BCUT2D eigenvalue weighted by Crippen LogP contribution is -2.16. The van der Waals surface area contributed by atoms with E-state index in [1.54, 1.807) is 7.11 Å². The molecule has 0 saturated heterocycles. The summed E-state index contributed by atoms with van der Waals surface area (Å²) >= 11 is 5.40. The summed E-state index contributed by atoms with van der Waals surface area (Å²) in [4.78, 5) is 0. The number of halogens is 1. The third kappa shape index (κ3) is 4.86. The quantitative estimate of drug-likeness (QED) is 0.752.